The van der Waals surface area contributed by atoms with Crippen LogP contribution in [0, 0.1) is 13.8 Å². The average molecular weight is 212 g/mol. The lowest BCUT2D eigenvalue weighted by molar-refractivity contribution is 0.466. The summed E-state index contributed by atoms with van der Waals surface area (Å²) in [5.41, 5.74) is 2.04. The third-order valence-electron chi connectivity index (χ3n) is 2.11. The van der Waals surface area contributed by atoms with E-state index in [0.29, 0.717) is 21.7 Å². The number of aliphatic imine (C=N–C) groups is 1. The largest absolute Gasteiger partial charge is 0.507 e. The summed E-state index contributed by atoms with van der Waals surface area (Å²) in [6, 6.07) is 1.65. The number of carbonyl (C=O) groups excluding carboxylic acids is 1. The van der Waals surface area contributed by atoms with Crippen molar-refractivity contribution in [3.05, 3.63) is 27.8 Å². The van der Waals surface area contributed by atoms with Crippen LogP contribution in [0.2, 0.25) is 5.02 Å². The maximum atomic E-state index is 9.96. The highest BCUT2D eigenvalue weighted by atomic mass is 35.5. The minimum Gasteiger partial charge on any atom is -0.507 e. The van der Waals surface area contributed by atoms with Gasteiger partial charge in [-0.25, -0.2) is 9.79 Å². The quantitative estimate of drug-likeness (QED) is 0.604. The zero-order valence-electron chi connectivity index (χ0n) is 7.97. The molecule has 0 aliphatic rings. The molecule has 0 atom stereocenters. The molecule has 0 saturated carbocycles. The van der Waals surface area contributed by atoms with Gasteiger partial charge < -0.3 is 5.11 Å². The molecule has 0 aliphatic carbocycles. The molecule has 14 heavy (non-hydrogen) atoms. The molecule has 1 rings (SSSR count). The molecule has 0 unspecified atom stereocenters. The summed E-state index contributed by atoms with van der Waals surface area (Å²) >= 11 is 5.94. The van der Waals surface area contributed by atoms with Gasteiger partial charge in [-0.2, -0.15) is 0 Å². The molecule has 0 amide bonds. The number of halogens is 1. The second-order valence-corrected chi connectivity index (χ2v) is 3.44. The number of nitrogens with zero attached hydrogens (tertiary/aromatic N) is 1. The molecule has 0 aliphatic heterocycles. The first-order chi connectivity index (χ1) is 6.57. The second kappa shape index (κ2) is 4.27. The van der Waals surface area contributed by atoms with Gasteiger partial charge in [-0.3, -0.25) is 0 Å². The van der Waals surface area contributed by atoms with Crippen LogP contribution in [0.1, 0.15) is 16.7 Å². The van der Waals surface area contributed by atoms with E-state index < -0.39 is 0 Å². The first kappa shape index (κ1) is 10.8. The van der Waals surface area contributed by atoms with E-state index in [9.17, 15) is 9.90 Å². The third-order valence-corrected chi connectivity index (χ3v) is 2.45. The number of phenolic OH excluding ortho intramolecular Hbond substituents is 1. The van der Waals surface area contributed by atoms with Crippen LogP contribution in [0.15, 0.2) is 11.1 Å². The smallest absolute Gasteiger partial charge is 0.235 e. The van der Waals surface area contributed by atoms with Crippen molar-refractivity contribution in [3.63, 3.8) is 0 Å². The number of aryl methyl sites for hydroxylation is 1. The van der Waals surface area contributed by atoms with Gasteiger partial charge >= 0.3 is 0 Å². The Morgan fingerprint density at radius 2 is 2.21 bits per heavy atom. The first-order valence-corrected chi connectivity index (χ1v) is 4.47. The minimum atomic E-state index is 0.155. The standard InChI is InChI=1S/C10H10ClNO2/c1-6-3-9(11)8(4-12-5-13)7(2)10(6)14/h3,14H,4H2,1-2H3. The molecule has 3 nitrogen and oxygen atoms in total. The summed E-state index contributed by atoms with van der Waals surface area (Å²) in [6.45, 7) is 3.66. The first-order valence-electron chi connectivity index (χ1n) is 4.09. The van der Waals surface area contributed by atoms with E-state index in [2.05, 4.69) is 4.99 Å². The van der Waals surface area contributed by atoms with E-state index in [1.54, 1.807) is 19.9 Å². The molecule has 0 saturated heterocycles. The SMILES string of the molecule is Cc1cc(Cl)c(CN=C=O)c(C)c1O. The lowest BCUT2D eigenvalue weighted by Gasteiger charge is -2.09. The van der Waals surface area contributed by atoms with Gasteiger partial charge in [0.25, 0.3) is 0 Å². The fourth-order valence-electron chi connectivity index (χ4n) is 1.27. The molecule has 74 valence electrons. The molecule has 0 spiro atoms. The lowest BCUT2D eigenvalue weighted by Crippen LogP contribution is -1.92. The Labute approximate surface area is 87.0 Å². The fraction of sp³-hybridized carbons (Fsp3) is 0.300. The van der Waals surface area contributed by atoms with Gasteiger partial charge in [0.05, 0.1) is 6.54 Å². The molecule has 0 aromatic heterocycles. The fourth-order valence-corrected chi connectivity index (χ4v) is 1.63. The number of rotatable bonds is 2. The molecule has 4 heteroatoms. The summed E-state index contributed by atoms with van der Waals surface area (Å²) in [6.07, 6.45) is 1.44. The van der Waals surface area contributed by atoms with Crippen molar-refractivity contribution in [1.82, 2.24) is 0 Å². The molecule has 1 N–H and O–H groups in total. The zero-order chi connectivity index (χ0) is 10.7. The Balaban J connectivity index is 3.28. The van der Waals surface area contributed by atoms with E-state index in [4.69, 9.17) is 11.6 Å². The van der Waals surface area contributed by atoms with E-state index in [1.165, 1.54) is 6.08 Å². The van der Waals surface area contributed by atoms with Crippen LogP contribution in [0.3, 0.4) is 0 Å². The summed E-state index contributed by atoms with van der Waals surface area (Å²) in [7, 11) is 0. The summed E-state index contributed by atoms with van der Waals surface area (Å²) in [4.78, 5) is 13.4. The lowest BCUT2D eigenvalue weighted by atomic mass is 10.0. The van der Waals surface area contributed by atoms with Crippen LogP contribution >= 0.6 is 11.6 Å². The normalized spacial score (nSPS) is 9.64. The Hall–Kier alpha value is -1.31. The van der Waals surface area contributed by atoms with Gasteiger partial charge in [0.2, 0.25) is 6.08 Å². The van der Waals surface area contributed by atoms with Crippen molar-refractivity contribution in [3.8, 4) is 5.75 Å². The Kier molecular flexibility index (Phi) is 3.28. The number of benzene rings is 1. The van der Waals surface area contributed by atoms with Gasteiger partial charge in [-0.15, -0.1) is 0 Å². The number of phenols is 1. The van der Waals surface area contributed by atoms with Crippen molar-refractivity contribution < 1.29 is 9.90 Å². The van der Waals surface area contributed by atoms with Crippen molar-refractivity contribution in [1.29, 1.82) is 0 Å². The van der Waals surface area contributed by atoms with E-state index in [0.717, 1.165) is 0 Å². The molecule has 1 aromatic carbocycles. The molecule has 0 heterocycles. The van der Waals surface area contributed by atoms with Crippen molar-refractivity contribution in [2.75, 3.05) is 0 Å². The summed E-state index contributed by atoms with van der Waals surface area (Å²) in [5.74, 6) is 0.200. The van der Waals surface area contributed by atoms with Crippen LogP contribution < -0.4 is 0 Å². The molecular formula is C10H10ClNO2. The Morgan fingerprint density at radius 1 is 1.57 bits per heavy atom. The van der Waals surface area contributed by atoms with Crippen LogP contribution in [0.5, 0.6) is 5.75 Å². The maximum absolute atomic E-state index is 9.96. The second-order valence-electron chi connectivity index (χ2n) is 3.03. The summed E-state index contributed by atoms with van der Waals surface area (Å²) < 4.78 is 0. The summed E-state index contributed by atoms with van der Waals surface area (Å²) in [5, 5.41) is 10.1. The van der Waals surface area contributed by atoms with Crippen LogP contribution in [-0.2, 0) is 11.3 Å². The average Bonchev–Trinajstić information content (AvgIpc) is 2.14. The van der Waals surface area contributed by atoms with Gasteiger partial charge in [-0.05, 0) is 36.6 Å². The van der Waals surface area contributed by atoms with Gasteiger partial charge in [0, 0.05) is 5.02 Å². The minimum absolute atomic E-state index is 0.155. The predicted octanol–water partition coefficient (Wildman–Crippen LogP) is 2.50. The zero-order valence-corrected chi connectivity index (χ0v) is 8.72. The topological polar surface area (TPSA) is 49.7 Å². The molecule has 1 aromatic rings. The molecule has 0 radical (unpaired) electrons. The van der Waals surface area contributed by atoms with Gasteiger partial charge in [0.1, 0.15) is 5.75 Å². The monoisotopic (exact) mass is 211 g/mol. The Morgan fingerprint density at radius 3 is 2.79 bits per heavy atom. The highest BCUT2D eigenvalue weighted by Crippen LogP contribution is 2.31. The number of hydrogen-bond acceptors (Lipinski definition) is 3. The number of hydrogen-bond donors (Lipinski definition) is 1. The highest BCUT2D eigenvalue weighted by Gasteiger charge is 2.10. The Bertz CT molecular complexity index is 409. The highest BCUT2D eigenvalue weighted by molar-refractivity contribution is 6.31. The third kappa shape index (κ3) is 1.95. The van der Waals surface area contributed by atoms with Crippen molar-refractivity contribution in [2.45, 2.75) is 20.4 Å². The molecule has 0 fully saturated rings. The van der Waals surface area contributed by atoms with Gasteiger partial charge in [-0.1, -0.05) is 11.6 Å². The van der Waals surface area contributed by atoms with E-state index >= 15 is 0 Å². The van der Waals surface area contributed by atoms with Crippen LogP contribution in [-0.4, -0.2) is 11.2 Å². The molecular weight excluding hydrogens is 202 g/mol. The van der Waals surface area contributed by atoms with Crippen molar-refractivity contribution >= 4 is 17.7 Å². The van der Waals surface area contributed by atoms with Gasteiger partial charge in [0.15, 0.2) is 0 Å². The van der Waals surface area contributed by atoms with E-state index in [-0.39, 0.29) is 12.3 Å². The van der Waals surface area contributed by atoms with E-state index in [1.807, 2.05) is 0 Å². The van der Waals surface area contributed by atoms with Crippen LogP contribution in [0.25, 0.3) is 0 Å². The van der Waals surface area contributed by atoms with Crippen molar-refractivity contribution in [2.24, 2.45) is 4.99 Å². The predicted molar refractivity (Wildman–Crippen MR) is 54.4 cm³/mol. The maximum Gasteiger partial charge on any atom is 0.235 e. The number of isocyanates is 1. The van der Waals surface area contributed by atoms with Crippen LogP contribution in [0.4, 0.5) is 0 Å². The number of aromatic hydroxyl groups is 1. The molecule has 0 bridgehead atoms.